The van der Waals surface area contributed by atoms with E-state index in [-0.39, 0.29) is 24.3 Å². The average Bonchev–Trinajstić information content (AvgIpc) is 2.53. The number of halogens is 2. The standard InChI is InChI=1S/C20H34F2/c1-14-4-6-17(7-5-14)18-8-10-19(11-9-18)20(13-21)12-15(2)16(3)22/h14-15,17-20H,3-13H2,1-2H3. The maximum atomic E-state index is 13.4. The van der Waals surface area contributed by atoms with Crippen molar-refractivity contribution in [3.05, 3.63) is 12.4 Å². The van der Waals surface area contributed by atoms with Crippen LogP contribution < -0.4 is 0 Å². The summed E-state index contributed by atoms with van der Waals surface area (Å²) in [6.07, 6.45) is 11.1. The number of hydrogen-bond acceptors (Lipinski definition) is 0. The van der Waals surface area contributed by atoms with Crippen molar-refractivity contribution >= 4 is 0 Å². The maximum Gasteiger partial charge on any atom is 0.0956 e. The first-order valence-electron chi connectivity index (χ1n) is 9.41. The Hall–Kier alpha value is -0.400. The Morgan fingerprint density at radius 3 is 1.95 bits per heavy atom. The summed E-state index contributed by atoms with van der Waals surface area (Å²) < 4.78 is 26.6. The van der Waals surface area contributed by atoms with Crippen molar-refractivity contribution in [3.63, 3.8) is 0 Å². The van der Waals surface area contributed by atoms with Crippen molar-refractivity contribution < 1.29 is 8.78 Å². The van der Waals surface area contributed by atoms with Crippen molar-refractivity contribution in [3.8, 4) is 0 Å². The Morgan fingerprint density at radius 2 is 1.50 bits per heavy atom. The topological polar surface area (TPSA) is 0 Å². The summed E-state index contributed by atoms with van der Waals surface area (Å²) in [6.45, 7) is 7.29. The van der Waals surface area contributed by atoms with Gasteiger partial charge in [-0.2, -0.15) is 0 Å². The van der Waals surface area contributed by atoms with E-state index in [9.17, 15) is 8.78 Å². The third-order valence-corrected chi connectivity index (χ3v) is 6.60. The number of allylic oxidation sites excluding steroid dienone is 1. The molecule has 0 radical (unpaired) electrons. The summed E-state index contributed by atoms with van der Waals surface area (Å²) >= 11 is 0. The molecule has 0 amide bonds. The Balaban J connectivity index is 1.79. The SMILES string of the molecule is C=C(F)C(C)CC(CF)C1CCC(C2CCC(C)CC2)CC1. The van der Waals surface area contributed by atoms with E-state index in [0.717, 1.165) is 30.6 Å². The van der Waals surface area contributed by atoms with Crippen molar-refractivity contribution in [2.24, 2.45) is 35.5 Å². The van der Waals surface area contributed by atoms with Gasteiger partial charge in [0, 0.05) is 5.92 Å². The van der Waals surface area contributed by atoms with Crippen LogP contribution >= 0.6 is 0 Å². The van der Waals surface area contributed by atoms with Crippen LogP contribution in [0.15, 0.2) is 12.4 Å². The van der Waals surface area contributed by atoms with E-state index in [4.69, 9.17) is 0 Å². The number of alkyl halides is 1. The molecule has 2 aliphatic rings. The zero-order valence-electron chi connectivity index (χ0n) is 14.5. The fourth-order valence-corrected chi connectivity index (χ4v) is 4.81. The Labute approximate surface area is 135 Å². The lowest BCUT2D eigenvalue weighted by Gasteiger charge is -2.39. The molecule has 0 aliphatic heterocycles. The molecule has 0 N–H and O–H groups in total. The number of hydrogen-bond donors (Lipinski definition) is 0. The first-order chi connectivity index (χ1) is 10.5. The van der Waals surface area contributed by atoms with Crippen LogP contribution in [-0.2, 0) is 0 Å². The fraction of sp³-hybridized carbons (Fsp3) is 0.900. The van der Waals surface area contributed by atoms with Crippen LogP contribution in [0.2, 0.25) is 0 Å². The van der Waals surface area contributed by atoms with Crippen molar-refractivity contribution in [2.75, 3.05) is 6.67 Å². The van der Waals surface area contributed by atoms with Gasteiger partial charge in [0.2, 0.25) is 0 Å². The second kappa shape index (κ2) is 8.45. The molecule has 0 bridgehead atoms. The minimum atomic E-state index is -0.298. The van der Waals surface area contributed by atoms with Gasteiger partial charge < -0.3 is 0 Å². The highest BCUT2D eigenvalue weighted by molar-refractivity contribution is 4.90. The zero-order valence-corrected chi connectivity index (χ0v) is 14.5. The van der Waals surface area contributed by atoms with Gasteiger partial charge >= 0.3 is 0 Å². The van der Waals surface area contributed by atoms with Gasteiger partial charge in [-0.3, -0.25) is 4.39 Å². The summed E-state index contributed by atoms with van der Waals surface area (Å²) in [5.41, 5.74) is 0. The summed E-state index contributed by atoms with van der Waals surface area (Å²) in [5, 5.41) is 0. The molecule has 2 atom stereocenters. The van der Waals surface area contributed by atoms with Crippen LogP contribution in [-0.4, -0.2) is 6.67 Å². The van der Waals surface area contributed by atoms with Gasteiger partial charge in [0.15, 0.2) is 0 Å². The van der Waals surface area contributed by atoms with Crippen LogP contribution in [0.25, 0.3) is 0 Å². The molecule has 2 fully saturated rings. The van der Waals surface area contributed by atoms with E-state index in [1.807, 2.05) is 6.92 Å². The molecule has 2 unspecified atom stereocenters. The lowest BCUT2D eigenvalue weighted by molar-refractivity contribution is 0.110. The fourth-order valence-electron chi connectivity index (χ4n) is 4.81. The van der Waals surface area contributed by atoms with Crippen molar-refractivity contribution in [1.29, 1.82) is 0 Å². The quantitative estimate of drug-likeness (QED) is 0.511. The predicted octanol–water partition coefficient (Wildman–Crippen LogP) is 6.71. The lowest BCUT2D eigenvalue weighted by atomic mass is 9.67. The van der Waals surface area contributed by atoms with Crippen molar-refractivity contribution in [1.82, 2.24) is 0 Å². The van der Waals surface area contributed by atoms with Crippen LogP contribution in [0.3, 0.4) is 0 Å². The normalized spacial score (nSPS) is 35.8. The minimum absolute atomic E-state index is 0.0369. The average molecular weight is 312 g/mol. The molecule has 0 heterocycles. The molecule has 2 rings (SSSR count). The highest BCUT2D eigenvalue weighted by atomic mass is 19.1. The predicted molar refractivity (Wildman–Crippen MR) is 90.1 cm³/mol. The Kier molecular flexibility index (Phi) is 6.89. The third kappa shape index (κ3) is 4.80. The summed E-state index contributed by atoms with van der Waals surface area (Å²) in [7, 11) is 0. The smallest absolute Gasteiger partial charge is 0.0956 e. The molecule has 22 heavy (non-hydrogen) atoms. The van der Waals surface area contributed by atoms with Gasteiger partial charge in [-0.05, 0) is 74.5 Å². The highest BCUT2D eigenvalue weighted by Crippen LogP contribution is 2.44. The van der Waals surface area contributed by atoms with E-state index in [1.54, 1.807) is 0 Å². The second-order valence-corrected chi connectivity index (χ2v) is 8.19. The minimum Gasteiger partial charge on any atom is -0.251 e. The van der Waals surface area contributed by atoms with Crippen molar-refractivity contribution in [2.45, 2.75) is 71.6 Å². The molecule has 0 aromatic carbocycles. The van der Waals surface area contributed by atoms with E-state index in [1.165, 1.54) is 38.5 Å². The van der Waals surface area contributed by atoms with Crippen LogP contribution in [0.1, 0.15) is 71.6 Å². The monoisotopic (exact) mass is 312 g/mol. The Morgan fingerprint density at radius 1 is 1.00 bits per heavy atom. The molecule has 2 heteroatoms. The largest absolute Gasteiger partial charge is 0.251 e. The van der Waals surface area contributed by atoms with E-state index in [0.29, 0.717) is 12.3 Å². The van der Waals surface area contributed by atoms with E-state index in [2.05, 4.69) is 13.5 Å². The van der Waals surface area contributed by atoms with Gasteiger partial charge in [-0.15, -0.1) is 0 Å². The first kappa shape index (κ1) is 17.9. The van der Waals surface area contributed by atoms with Gasteiger partial charge in [-0.1, -0.05) is 33.3 Å². The molecule has 128 valence electrons. The van der Waals surface area contributed by atoms with E-state index < -0.39 is 0 Å². The van der Waals surface area contributed by atoms with Crippen LogP contribution in [0.4, 0.5) is 8.78 Å². The molecule has 2 saturated carbocycles. The zero-order chi connectivity index (χ0) is 16.1. The van der Waals surface area contributed by atoms with Gasteiger partial charge in [0.1, 0.15) is 0 Å². The molecular weight excluding hydrogens is 278 g/mol. The highest BCUT2D eigenvalue weighted by Gasteiger charge is 2.33. The van der Waals surface area contributed by atoms with Gasteiger partial charge in [0.25, 0.3) is 0 Å². The van der Waals surface area contributed by atoms with E-state index >= 15 is 0 Å². The first-order valence-corrected chi connectivity index (χ1v) is 9.41. The summed E-state index contributed by atoms with van der Waals surface area (Å²) in [5.74, 6) is 2.73. The summed E-state index contributed by atoms with van der Waals surface area (Å²) in [4.78, 5) is 0. The molecule has 0 aromatic rings. The molecular formula is C20H34F2. The molecule has 2 aliphatic carbocycles. The Bertz CT molecular complexity index is 336. The lowest BCUT2D eigenvalue weighted by Crippen LogP contribution is -2.29. The summed E-state index contributed by atoms with van der Waals surface area (Å²) in [6, 6.07) is 0. The molecule has 0 spiro atoms. The van der Waals surface area contributed by atoms with Gasteiger partial charge in [-0.25, -0.2) is 4.39 Å². The molecule has 0 nitrogen and oxygen atoms in total. The van der Waals surface area contributed by atoms with Gasteiger partial charge in [0.05, 0.1) is 12.5 Å². The third-order valence-electron chi connectivity index (χ3n) is 6.60. The molecule has 0 aromatic heterocycles. The molecule has 0 saturated heterocycles. The second-order valence-electron chi connectivity index (χ2n) is 8.19. The maximum absolute atomic E-state index is 13.4. The number of rotatable bonds is 6. The van der Waals surface area contributed by atoms with Crippen LogP contribution in [0, 0.1) is 35.5 Å². The van der Waals surface area contributed by atoms with Crippen LogP contribution in [0.5, 0.6) is 0 Å².